The first kappa shape index (κ1) is 9.60. The molecular formula is C13H12N2S. The molecule has 0 atom stereocenters. The molecule has 3 N–H and O–H groups in total. The van der Waals surface area contributed by atoms with Crippen molar-refractivity contribution in [2.75, 3.05) is 0 Å². The molecule has 16 heavy (non-hydrogen) atoms. The third kappa shape index (κ3) is 1.28. The van der Waals surface area contributed by atoms with Gasteiger partial charge in [0.05, 0.1) is 0 Å². The van der Waals surface area contributed by atoms with Crippen LogP contribution in [-0.2, 0) is 6.42 Å². The molecule has 2 nitrogen and oxygen atoms in total. The van der Waals surface area contributed by atoms with E-state index in [-0.39, 0.29) is 5.84 Å². The smallest absolute Gasteiger partial charge is 0.123 e. The molecular weight excluding hydrogens is 216 g/mol. The van der Waals surface area contributed by atoms with Crippen molar-refractivity contribution < 1.29 is 0 Å². The number of nitrogens with one attached hydrogen (secondary N) is 1. The lowest BCUT2D eigenvalue weighted by atomic mass is 9.99. The van der Waals surface area contributed by atoms with Crippen molar-refractivity contribution >= 4 is 33.3 Å². The largest absolute Gasteiger partial charge is 0.384 e. The van der Waals surface area contributed by atoms with Crippen LogP contribution in [0.25, 0.3) is 16.2 Å². The van der Waals surface area contributed by atoms with Gasteiger partial charge in [-0.1, -0.05) is 24.3 Å². The summed E-state index contributed by atoms with van der Waals surface area (Å²) in [4.78, 5) is 1.42. The second-order valence-corrected chi connectivity index (χ2v) is 5.11. The van der Waals surface area contributed by atoms with Crippen LogP contribution in [0.5, 0.6) is 0 Å². The van der Waals surface area contributed by atoms with Gasteiger partial charge in [-0.25, -0.2) is 0 Å². The highest BCUT2D eigenvalue weighted by molar-refractivity contribution is 7.19. The Morgan fingerprint density at radius 3 is 3.06 bits per heavy atom. The van der Waals surface area contributed by atoms with E-state index in [4.69, 9.17) is 11.1 Å². The zero-order valence-electron chi connectivity index (χ0n) is 8.79. The molecule has 0 spiro atoms. The Kier molecular flexibility index (Phi) is 2.07. The highest BCUT2D eigenvalue weighted by atomic mass is 32.1. The minimum atomic E-state index is 0.158. The molecule has 1 aromatic heterocycles. The molecule has 3 rings (SSSR count). The summed E-state index contributed by atoms with van der Waals surface area (Å²) in [7, 11) is 0. The van der Waals surface area contributed by atoms with E-state index in [1.165, 1.54) is 15.1 Å². The Morgan fingerprint density at radius 1 is 1.38 bits per heavy atom. The molecule has 0 aliphatic heterocycles. The van der Waals surface area contributed by atoms with E-state index < -0.39 is 0 Å². The van der Waals surface area contributed by atoms with Gasteiger partial charge in [-0.05, 0) is 24.5 Å². The van der Waals surface area contributed by atoms with Crippen molar-refractivity contribution in [2.45, 2.75) is 12.8 Å². The average Bonchev–Trinajstić information content (AvgIpc) is 2.66. The van der Waals surface area contributed by atoms with E-state index in [1.807, 2.05) is 23.5 Å². The maximum Gasteiger partial charge on any atom is 0.123 e. The SMILES string of the molecule is N=C(N)c1cccc2sc3c(c12)C=CCC3. The lowest BCUT2D eigenvalue weighted by Crippen LogP contribution is -2.11. The van der Waals surface area contributed by atoms with Gasteiger partial charge < -0.3 is 5.73 Å². The van der Waals surface area contributed by atoms with Crippen molar-refractivity contribution in [3.63, 3.8) is 0 Å². The van der Waals surface area contributed by atoms with Crippen LogP contribution in [0.15, 0.2) is 24.3 Å². The summed E-state index contributed by atoms with van der Waals surface area (Å²) < 4.78 is 1.24. The highest BCUT2D eigenvalue weighted by Crippen LogP contribution is 2.37. The van der Waals surface area contributed by atoms with Crippen LogP contribution in [0.2, 0.25) is 0 Å². The molecule has 0 saturated heterocycles. The third-order valence-electron chi connectivity index (χ3n) is 2.94. The minimum absolute atomic E-state index is 0.158. The standard InChI is InChI=1S/C13H12N2S/c14-13(15)9-5-3-7-11-12(9)8-4-1-2-6-10(8)16-11/h1,3-5,7H,2,6H2,(H3,14,15). The monoisotopic (exact) mass is 228 g/mol. The molecule has 2 aromatic rings. The molecule has 1 aliphatic rings. The Labute approximate surface area is 97.9 Å². The lowest BCUT2D eigenvalue weighted by Gasteiger charge is -2.06. The summed E-state index contributed by atoms with van der Waals surface area (Å²) >= 11 is 1.83. The van der Waals surface area contributed by atoms with Crippen LogP contribution < -0.4 is 5.73 Å². The predicted octanol–water partition coefficient (Wildman–Crippen LogP) is 3.14. The molecule has 0 amide bonds. The number of nitrogens with two attached hydrogens (primary N) is 1. The quantitative estimate of drug-likeness (QED) is 0.571. The molecule has 80 valence electrons. The molecule has 0 radical (unpaired) electrons. The number of allylic oxidation sites excluding steroid dienone is 1. The molecule has 0 bridgehead atoms. The van der Waals surface area contributed by atoms with Crippen LogP contribution in [0.4, 0.5) is 0 Å². The van der Waals surface area contributed by atoms with E-state index in [0.29, 0.717) is 0 Å². The number of amidine groups is 1. The van der Waals surface area contributed by atoms with Crippen LogP contribution in [0.3, 0.4) is 0 Å². The van der Waals surface area contributed by atoms with E-state index >= 15 is 0 Å². The molecule has 3 heteroatoms. The number of hydrogen-bond donors (Lipinski definition) is 2. The van der Waals surface area contributed by atoms with Crippen molar-refractivity contribution in [1.82, 2.24) is 0 Å². The van der Waals surface area contributed by atoms with Gasteiger partial charge in [0.15, 0.2) is 0 Å². The van der Waals surface area contributed by atoms with Crippen LogP contribution >= 0.6 is 11.3 Å². The van der Waals surface area contributed by atoms with Crippen molar-refractivity contribution in [1.29, 1.82) is 5.41 Å². The van der Waals surface area contributed by atoms with Gasteiger partial charge in [-0.3, -0.25) is 5.41 Å². The predicted molar refractivity (Wildman–Crippen MR) is 70.2 cm³/mol. The second-order valence-electron chi connectivity index (χ2n) is 3.97. The number of rotatable bonds is 1. The Morgan fingerprint density at radius 2 is 2.25 bits per heavy atom. The molecule has 1 aromatic carbocycles. The molecule has 1 aliphatic carbocycles. The number of hydrogen-bond acceptors (Lipinski definition) is 2. The lowest BCUT2D eigenvalue weighted by molar-refractivity contribution is 1.02. The molecule has 0 fully saturated rings. The average molecular weight is 228 g/mol. The summed E-state index contributed by atoms with van der Waals surface area (Å²) in [5.41, 5.74) is 7.77. The first-order valence-corrected chi connectivity index (χ1v) is 6.14. The zero-order chi connectivity index (χ0) is 11.1. The van der Waals surface area contributed by atoms with Gasteiger partial charge >= 0.3 is 0 Å². The molecule has 0 unspecified atom stereocenters. The van der Waals surface area contributed by atoms with Gasteiger partial charge in [0.2, 0.25) is 0 Å². The fraction of sp³-hybridized carbons (Fsp3) is 0.154. The number of benzene rings is 1. The molecule has 1 heterocycles. The molecule has 0 saturated carbocycles. The maximum atomic E-state index is 7.63. The van der Waals surface area contributed by atoms with Crippen LogP contribution in [0.1, 0.15) is 22.4 Å². The highest BCUT2D eigenvalue weighted by Gasteiger charge is 2.15. The van der Waals surface area contributed by atoms with E-state index in [0.717, 1.165) is 23.8 Å². The summed E-state index contributed by atoms with van der Waals surface area (Å²) in [6.07, 6.45) is 6.60. The first-order valence-electron chi connectivity index (χ1n) is 5.32. The number of nitrogen functional groups attached to an aromatic ring is 1. The van der Waals surface area contributed by atoms with Gasteiger partial charge in [0.25, 0.3) is 0 Å². The maximum absolute atomic E-state index is 7.63. The van der Waals surface area contributed by atoms with Crippen LogP contribution in [0, 0.1) is 5.41 Å². The minimum Gasteiger partial charge on any atom is -0.384 e. The zero-order valence-corrected chi connectivity index (χ0v) is 9.60. The number of thiophene rings is 1. The third-order valence-corrected chi connectivity index (χ3v) is 4.17. The van der Waals surface area contributed by atoms with Crippen molar-refractivity contribution in [2.24, 2.45) is 5.73 Å². The Hall–Kier alpha value is -1.61. The normalized spacial score (nSPS) is 14.0. The van der Waals surface area contributed by atoms with E-state index in [1.54, 1.807) is 0 Å². The van der Waals surface area contributed by atoms with Crippen molar-refractivity contribution in [3.05, 3.63) is 40.3 Å². The first-order chi connectivity index (χ1) is 7.77. The van der Waals surface area contributed by atoms with Gasteiger partial charge in [-0.2, -0.15) is 0 Å². The summed E-state index contributed by atoms with van der Waals surface area (Å²) in [5, 5.41) is 8.79. The van der Waals surface area contributed by atoms with Gasteiger partial charge in [-0.15, -0.1) is 11.3 Å². The Bertz CT molecular complexity index is 608. The van der Waals surface area contributed by atoms with Gasteiger partial charge in [0.1, 0.15) is 5.84 Å². The topological polar surface area (TPSA) is 49.9 Å². The fourth-order valence-electron chi connectivity index (χ4n) is 2.22. The summed E-state index contributed by atoms with van der Waals surface area (Å²) in [5.74, 6) is 0.158. The second kappa shape index (κ2) is 3.46. The Balaban J connectivity index is 2.42. The summed E-state index contributed by atoms with van der Waals surface area (Å²) in [6, 6.07) is 6.02. The number of aryl methyl sites for hydroxylation is 1. The fourth-order valence-corrected chi connectivity index (χ4v) is 3.46. The summed E-state index contributed by atoms with van der Waals surface area (Å²) in [6.45, 7) is 0. The van der Waals surface area contributed by atoms with Crippen LogP contribution in [-0.4, -0.2) is 5.84 Å². The number of fused-ring (bicyclic) bond motifs is 3. The van der Waals surface area contributed by atoms with Crippen molar-refractivity contribution in [3.8, 4) is 0 Å². The van der Waals surface area contributed by atoms with E-state index in [9.17, 15) is 0 Å². The van der Waals surface area contributed by atoms with E-state index in [2.05, 4.69) is 18.2 Å². The van der Waals surface area contributed by atoms with Gasteiger partial charge in [0, 0.05) is 20.5 Å².